The summed E-state index contributed by atoms with van der Waals surface area (Å²) < 4.78 is 13.1. The molecule has 1 amide bonds. The van der Waals surface area contributed by atoms with Gasteiger partial charge in [0.25, 0.3) is 0 Å². The lowest BCUT2D eigenvalue weighted by Gasteiger charge is -2.16. The number of methoxy groups -OCH3 is 1. The van der Waals surface area contributed by atoms with E-state index >= 15 is 0 Å². The zero-order valence-electron chi connectivity index (χ0n) is 17.8. The molecule has 4 rings (SSSR count). The maximum Gasteiger partial charge on any atom is 0.238 e. The molecule has 3 heterocycles. The molecule has 0 aliphatic carbocycles. The number of thioether (sulfide) groups is 1. The topological polar surface area (TPSA) is 91.2 Å². The van der Waals surface area contributed by atoms with Gasteiger partial charge in [0, 0.05) is 18.4 Å². The Kier molecular flexibility index (Phi) is 7.29. The van der Waals surface area contributed by atoms with Gasteiger partial charge in [-0.1, -0.05) is 23.4 Å². The number of hydrogen-bond acceptors (Lipinski definition) is 7. The SMILES string of the molecule is COc1ccc(-c2nnc(S[C@H](C)C(=O)Nc3ccc(Cl)cn3)n2C[C@@H]2CCCO2)cc1. The lowest BCUT2D eigenvalue weighted by Crippen LogP contribution is -2.24. The molecule has 1 aliphatic heterocycles. The third kappa shape index (κ3) is 5.40. The number of rotatable bonds is 8. The number of ether oxygens (including phenoxy) is 2. The number of aromatic nitrogens is 4. The second-order valence-electron chi connectivity index (χ2n) is 7.39. The summed E-state index contributed by atoms with van der Waals surface area (Å²) in [5.41, 5.74) is 0.922. The van der Waals surface area contributed by atoms with Crippen molar-refractivity contribution >= 4 is 35.1 Å². The van der Waals surface area contributed by atoms with Crippen LogP contribution >= 0.6 is 23.4 Å². The lowest BCUT2D eigenvalue weighted by molar-refractivity contribution is -0.115. The van der Waals surface area contributed by atoms with Crippen molar-refractivity contribution in [2.75, 3.05) is 19.0 Å². The smallest absolute Gasteiger partial charge is 0.238 e. The predicted octanol–water partition coefficient (Wildman–Crippen LogP) is 4.30. The summed E-state index contributed by atoms with van der Waals surface area (Å²) in [4.78, 5) is 16.8. The van der Waals surface area contributed by atoms with E-state index in [0.717, 1.165) is 36.6 Å². The molecule has 2 atom stereocenters. The molecule has 0 unspecified atom stereocenters. The van der Waals surface area contributed by atoms with E-state index in [4.69, 9.17) is 21.1 Å². The average Bonchev–Trinajstić information content (AvgIpc) is 3.46. The van der Waals surface area contributed by atoms with Gasteiger partial charge >= 0.3 is 0 Å². The van der Waals surface area contributed by atoms with Gasteiger partial charge in [-0.15, -0.1) is 10.2 Å². The van der Waals surface area contributed by atoms with Crippen LogP contribution in [0.4, 0.5) is 5.82 Å². The number of amides is 1. The number of halogens is 1. The molecule has 168 valence electrons. The van der Waals surface area contributed by atoms with Gasteiger partial charge in [0.1, 0.15) is 11.6 Å². The van der Waals surface area contributed by atoms with Crippen LogP contribution in [0.2, 0.25) is 5.02 Å². The Hall–Kier alpha value is -2.62. The summed E-state index contributed by atoms with van der Waals surface area (Å²) in [7, 11) is 1.63. The van der Waals surface area contributed by atoms with E-state index in [1.165, 1.54) is 18.0 Å². The maximum atomic E-state index is 12.7. The molecule has 1 aromatic carbocycles. The molecule has 1 aliphatic rings. The Bertz CT molecular complexity index is 1050. The minimum Gasteiger partial charge on any atom is -0.497 e. The molecule has 32 heavy (non-hydrogen) atoms. The molecule has 2 aromatic heterocycles. The molecule has 1 fully saturated rings. The van der Waals surface area contributed by atoms with Gasteiger partial charge in [-0.25, -0.2) is 4.98 Å². The highest BCUT2D eigenvalue weighted by atomic mass is 35.5. The zero-order chi connectivity index (χ0) is 22.5. The summed E-state index contributed by atoms with van der Waals surface area (Å²) in [5, 5.41) is 12.4. The summed E-state index contributed by atoms with van der Waals surface area (Å²) in [6, 6.07) is 11.0. The fourth-order valence-electron chi connectivity index (χ4n) is 3.38. The molecule has 0 spiro atoms. The minimum atomic E-state index is -0.413. The summed E-state index contributed by atoms with van der Waals surface area (Å²) in [5.74, 6) is 1.78. The van der Waals surface area contributed by atoms with Crippen LogP contribution in [0.3, 0.4) is 0 Å². The van der Waals surface area contributed by atoms with Crippen molar-refractivity contribution in [1.29, 1.82) is 0 Å². The van der Waals surface area contributed by atoms with Crippen LogP contribution in [-0.2, 0) is 16.1 Å². The van der Waals surface area contributed by atoms with E-state index in [1.54, 1.807) is 19.2 Å². The van der Waals surface area contributed by atoms with E-state index in [2.05, 4.69) is 20.5 Å². The first kappa shape index (κ1) is 22.6. The zero-order valence-corrected chi connectivity index (χ0v) is 19.4. The molecule has 10 heteroatoms. The van der Waals surface area contributed by atoms with Gasteiger partial charge in [0.2, 0.25) is 5.91 Å². The highest BCUT2D eigenvalue weighted by molar-refractivity contribution is 8.00. The lowest BCUT2D eigenvalue weighted by atomic mass is 10.2. The van der Waals surface area contributed by atoms with E-state index in [9.17, 15) is 4.79 Å². The number of carbonyl (C=O) groups excluding carboxylic acids is 1. The van der Waals surface area contributed by atoms with Crippen molar-refractivity contribution in [2.45, 2.75) is 42.8 Å². The monoisotopic (exact) mass is 473 g/mol. The predicted molar refractivity (Wildman–Crippen MR) is 124 cm³/mol. The van der Waals surface area contributed by atoms with Crippen LogP contribution in [0.5, 0.6) is 5.75 Å². The van der Waals surface area contributed by atoms with E-state index in [0.29, 0.717) is 22.5 Å². The Morgan fingerprint density at radius 2 is 2.12 bits per heavy atom. The highest BCUT2D eigenvalue weighted by Crippen LogP contribution is 2.30. The Morgan fingerprint density at radius 1 is 1.31 bits per heavy atom. The molecular weight excluding hydrogens is 450 g/mol. The molecule has 1 saturated heterocycles. The summed E-state index contributed by atoms with van der Waals surface area (Å²) in [6.07, 6.45) is 3.63. The maximum absolute atomic E-state index is 12.7. The van der Waals surface area contributed by atoms with Crippen molar-refractivity contribution in [3.8, 4) is 17.1 Å². The third-order valence-corrected chi connectivity index (χ3v) is 6.41. The first-order valence-corrected chi connectivity index (χ1v) is 11.6. The average molecular weight is 474 g/mol. The Labute approximate surface area is 195 Å². The number of nitrogens with zero attached hydrogens (tertiary/aromatic N) is 4. The summed E-state index contributed by atoms with van der Waals surface area (Å²) in [6.45, 7) is 3.22. The fourth-order valence-corrected chi connectivity index (χ4v) is 4.35. The number of hydrogen-bond donors (Lipinski definition) is 1. The Morgan fingerprint density at radius 3 is 2.78 bits per heavy atom. The molecule has 1 N–H and O–H groups in total. The van der Waals surface area contributed by atoms with Crippen LogP contribution in [0.25, 0.3) is 11.4 Å². The van der Waals surface area contributed by atoms with Gasteiger partial charge < -0.3 is 14.8 Å². The minimum absolute atomic E-state index is 0.102. The van der Waals surface area contributed by atoms with Gasteiger partial charge in [0.05, 0.1) is 30.0 Å². The first-order valence-electron chi connectivity index (χ1n) is 10.3. The van der Waals surface area contributed by atoms with Crippen LogP contribution in [0, 0.1) is 0 Å². The number of anilines is 1. The van der Waals surface area contributed by atoms with Crippen molar-refractivity contribution in [2.24, 2.45) is 0 Å². The molecule has 0 saturated carbocycles. The highest BCUT2D eigenvalue weighted by Gasteiger charge is 2.25. The molecular formula is C22H24ClN5O3S. The van der Waals surface area contributed by atoms with E-state index in [-0.39, 0.29) is 12.0 Å². The molecule has 8 nitrogen and oxygen atoms in total. The van der Waals surface area contributed by atoms with Crippen molar-refractivity contribution < 1.29 is 14.3 Å². The van der Waals surface area contributed by atoms with Crippen LogP contribution < -0.4 is 10.1 Å². The largest absolute Gasteiger partial charge is 0.497 e. The van der Waals surface area contributed by atoms with Crippen molar-refractivity contribution in [3.63, 3.8) is 0 Å². The van der Waals surface area contributed by atoms with Crippen LogP contribution in [-0.4, -0.2) is 50.7 Å². The van der Waals surface area contributed by atoms with Crippen LogP contribution in [0.15, 0.2) is 47.8 Å². The van der Waals surface area contributed by atoms with Crippen molar-refractivity contribution in [3.05, 3.63) is 47.6 Å². The van der Waals surface area contributed by atoms with E-state index in [1.807, 2.05) is 35.8 Å². The summed E-state index contributed by atoms with van der Waals surface area (Å²) >= 11 is 7.21. The molecule has 0 bridgehead atoms. The fraction of sp³-hybridized carbons (Fsp3) is 0.364. The standard InChI is InChI=1S/C22H24ClN5O3S/c1-14(21(29)25-19-10-7-16(23)12-24-19)32-22-27-26-20(15-5-8-17(30-2)9-6-15)28(22)13-18-4-3-11-31-18/h5-10,12,14,18H,3-4,11,13H2,1-2H3,(H,24,25,29)/t14-,18+/m1/s1. The van der Waals surface area contributed by atoms with Gasteiger partial charge in [-0.05, 0) is 56.2 Å². The third-order valence-electron chi connectivity index (χ3n) is 5.11. The number of carbonyl (C=O) groups is 1. The van der Waals surface area contributed by atoms with Gasteiger partial charge in [-0.3, -0.25) is 9.36 Å². The molecule has 3 aromatic rings. The van der Waals surface area contributed by atoms with Crippen LogP contribution in [0.1, 0.15) is 19.8 Å². The second kappa shape index (κ2) is 10.3. The Balaban J connectivity index is 1.54. The quantitative estimate of drug-likeness (QED) is 0.487. The number of nitrogens with one attached hydrogen (secondary N) is 1. The normalized spacial score (nSPS) is 16.7. The van der Waals surface area contributed by atoms with Crippen molar-refractivity contribution in [1.82, 2.24) is 19.7 Å². The van der Waals surface area contributed by atoms with Gasteiger partial charge in [-0.2, -0.15) is 0 Å². The van der Waals surface area contributed by atoms with E-state index < -0.39 is 5.25 Å². The van der Waals surface area contributed by atoms with Gasteiger partial charge in [0.15, 0.2) is 11.0 Å². The second-order valence-corrected chi connectivity index (χ2v) is 9.14. The first-order chi connectivity index (χ1) is 15.5. The number of benzene rings is 1. The number of pyridine rings is 1. The molecule has 0 radical (unpaired) electrons.